The maximum absolute atomic E-state index is 10.4. The molecule has 1 N–H and O–H groups in total. The molecule has 132 valence electrons. The highest BCUT2D eigenvalue weighted by Gasteiger charge is 1.97. The van der Waals surface area contributed by atoms with Crippen LogP contribution in [0.5, 0.6) is 0 Å². The van der Waals surface area contributed by atoms with Crippen LogP contribution in [0.15, 0.2) is 0 Å². The summed E-state index contributed by atoms with van der Waals surface area (Å²) in [4.78, 5) is 10.4. The standard InChI is InChI=1S/C18H36O3S/c1-22-17-21-16-14-12-10-8-6-4-2-3-5-7-9-11-13-15-18(19)20/h2-17H2,1H3,(H,19,20). The van der Waals surface area contributed by atoms with E-state index >= 15 is 0 Å². The zero-order chi connectivity index (χ0) is 16.3. The van der Waals surface area contributed by atoms with Crippen LogP contribution in [0.3, 0.4) is 0 Å². The molecule has 0 aromatic rings. The van der Waals surface area contributed by atoms with Crippen LogP contribution in [0, 0.1) is 0 Å². The Hall–Kier alpha value is -0.220. The van der Waals surface area contributed by atoms with Crippen LogP contribution in [0.4, 0.5) is 0 Å². The third-order valence-electron chi connectivity index (χ3n) is 3.88. The highest BCUT2D eigenvalue weighted by atomic mass is 32.2. The average molecular weight is 333 g/mol. The third-order valence-corrected chi connectivity index (χ3v) is 4.28. The predicted molar refractivity (Wildman–Crippen MR) is 96.6 cm³/mol. The lowest BCUT2D eigenvalue weighted by molar-refractivity contribution is -0.137. The molecule has 0 aromatic carbocycles. The molecule has 22 heavy (non-hydrogen) atoms. The molecule has 0 aliphatic carbocycles. The molecule has 0 aromatic heterocycles. The molecule has 0 bridgehead atoms. The van der Waals surface area contributed by atoms with Gasteiger partial charge in [0.25, 0.3) is 0 Å². The van der Waals surface area contributed by atoms with Crippen LogP contribution in [0.2, 0.25) is 0 Å². The smallest absolute Gasteiger partial charge is 0.303 e. The molecule has 0 aliphatic rings. The SMILES string of the molecule is CSCOCCCCCCCCCCCCCCCC(=O)O. The van der Waals surface area contributed by atoms with Crippen molar-refractivity contribution < 1.29 is 14.6 Å². The van der Waals surface area contributed by atoms with Gasteiger partial charge in [-0.2, -0.15) is 0 Å². The minimum Gasteiger partial charge on any atom is -0.481 e. The van der Waals surface area contributed by atoms with E-state index in [9.17, 15) is 4.79 Å². The molecule has 0 unspecified atom stereocenters. The van der Waals surface area contributed by atoms with Gasteiger partial charge in [-0.05, 0) is 19.1 Å². The maximum atomic E-state index is 10.4. The fraction of sp³-hybridized carbons (Fsp3) is 0.944. The summed E-state index contributed by atoms with van der Waals surface area (Å²) in [5.41, 5.74) is 0. The van der Waals surface area contributed by atoms with Gasteiger partial charge in [-0.25, -0.2) is 0 Å². The summed E-state index contributed by atoms with van der Waals surface area (Å²) < 4.78 is 5.44. The number of carbonyl (C=O) groups is 1. The molecule has 0 fully saturated rings. The second-order valence-electron chi connectivity index (χ2n) is 6.05. The van der Waals surface area contributed by atoms with Gasteiger partial charge >= 0.3 is 5.97 Å². The Bertz CT molecular complexity index is 234. The van der Waals surface area contributed by atoms with E-state index in [2.05, 4.69) is 6.26 Å². The number of hydrogen-bond acceptors (Lipinski definition) is 3. The van der Waals surface area contributed by atoms with E-state index in [1.165, 1.54) is 70.6 Å². The van der Waals surface area contributed by atoms with Gasteiger partial charge in [-0.1, -0.05) is 70.6 Å². The Morgan fingerprint density at radius 3 is 1.59 bits per heavy atom. The van der Waals surface area contributed by atoms with Gasteiger partial charge in [-0.3, -0.25) is 4.79 Å². The van der Waals surface area contributed by atoms with Crippen molar-refractivity contribution in [3.63, 3.8) is 0 Å². The van der Waals surface area contributed by atoms with Crippen molar-refractivity contribution in [2.75, 3.05) is 18.8 Å². The largest absolute Gasteiger partial charge is 0.481 e. The Kier molecular flexibility index (Phi) is 18.6. The summed E-state index contributed by atoms with van der Waals surface area (Å²) in [6, 6.07) is 0. The number of unbranched alkanes of at least 4 members (excludes halogenated alkanes) is 12. The van der Waals surface area contributed by atoms with Gasteiger partial charge in [0.1, 0.15) is 0 Å². The number of hydrogen-bond donors (Lipinski definition) is 1. The molecule has 4 heteroatoms. The second-order valence-corrected chi connectivity index (χ2v) is 6.87. The lowest BCUT2D eigenvalue weighted by Gasteiger charge is -2.04. The van der Waals surface area contributed by atoms with Gasteiger partial charge in [0.05, 0.1) is 5.94 Å². The van der Waals surface area contributed by atoms with E-state index in [4.69, 9.17) is 9.84 Å². The van der Waals surface area contributed by atoms with E-state index in [1.54, 1.807) is 11.8 Å². The van der Waals surface area contributed by atoms with E-state index in [-0.39, 0.29) is 0 Å². The molecule has 0 aliphatic heterocycles. The number of carboxylic acids is 1. The quantitative estimate of drug-likeness (QED) is 0.252. The molecule has 0 atom stereocenters. The lowest BCUT2D eigenvalue weighted by atomic mass is 10.0. The molecule has 3 nitrogen and oxygen atoms in total. The number of ether oxygens (including phenoxy) is 1. The molecule has 0 saturated carbocycles. The summed E-state index contributed by atoms with van der Waals surface area (Å²) in [5, 5.41) is 8.53. The minimum absolute atomic E-state index is 0.337. The number of carboxylic acid groups (broad SMARTS) is 1. The summed E-state index contributed by atoms with van der Waals surface area (Å²) in [6.45, 7) is 0.924. The Morgan fingerprint density at radius 2 is 1.18 bits per heavy atom. The number of rotatable bonds is 18. The minimum atomic E-state index is -0.660. The first-order valence-corrected chi connectivity index (χ1v) is 10.4. The Balaban J connectivity index is 2.95. The molecule has 0 rings (SSSR count). The number of thioether (sulfide) groups is 1. The van der Waals surface area contributed by atoms with Crippen LogP contribution >= 0.6 is 11.8 Å². The molecular formula is C18H36O3S. The number of aliphatic carboxylic acids is 1. The Morgan fingerprint density at radius 1 is 0.773 bits per heavy atom. The van der Waals surface area contributed by atoms with Gasteiger partial charge in [-0.15, -0.1) is 11.8 Å². The predicted octanol–water partition coefficient (Wildman–Crippen LogP) is 5.87. The fourth-order valence-corrected chi connectivity index (χ4v) is 2.85. The van der Waals surface area contributed by atoms with Gasteiger partial charge < -0.3 is 9.84 Å². The third kappa shape index (κ3) is 19.8. The first-order valence-electron chi connectivity index (χ1n) is 9.06. The Labute approximate surface area is 141 Å². The second kappa shape index (κ2) is 18.8. The van der Waals surface area contributed by atoms with E-state index in [1.807, 2.05) is 0 Å². The van der Waals surface area contributed by atoms with Crippen LogP contribution in [-0.2, 0) is 9.53 Å². The van der Waals surface area contributed by atoms with Crippen molar-refractivity contribution >= 4 is 17.7 Å². The lowest BCUT2D eigenvalue weighted by Crippen LogP contribution is -1.93. The van der Waals surface area contributed by atoms with Crippen LogP contribution in [0.1, 0.15) is 89.9 Å². The van der Waals surface area contributed by atoms with Crippen molar-refractivity contribution in [2.24, 2.45) is 0 Å². The van der Waals surface area contributed by atoms with Gasteiger partial charge in [0.2, 0.25) is 0 Å². The molecule has 0 spiro atoms. The topological polar surface area (TPSA) is 46.5 Å². The monoisotopic (exact) mass is 332 g/mol. The summed E-state index contributed by atoms with van der Waals surface area (Å²) >= 11 is 1.74. The highest BCUT2D eigenvalue weighted by Crippen LogP contribution is 2.13. The zero-order valence-electron chi connectivity index (χ0n) is 14.5. The molecular weight excluding hydrogens is 296 g/mol. The normalized spacial score (nSPS) is 11.0. The van der Waals surface area contributed by atoms with Crippen LogP contribution in [0.25, 0.3) is 0 Å². The fourth-order valence-electron chi connectivity index (χ4n) is 2.57. The van der Waals surface area contributed by atoms with E-state index in [0.29, 0.717) is 6.42 Å². The summed E-state index contributed by atoms with van der Waals surface area (Å²) in [5.74, 6) is 0.173. The van der Waals surface area contributed by atoms with Crippen LogP contribution < -0.4 is 0 Å². The van der Waals surface area contributed by atoms with Crippen molar-refractivity contribution in [2.45, 2.75) is 89.9 Å². The highest BCUT2D eigenvalue weighted by molar-refractivity contribution is 7.98. The van der Waals surface area contributed by atoms with Crippen molar-refractivity contribution in [1.82, 2.24) is 0 Å². The molecule has 0 heterocycles. The first kappa shape index (κ1) is 21.8. The molecule has 0 amide bonds. The maximum Gasteiger partial charge on any atom is 0.303 e. The van der Waals surface area contributed by atoms with Gasteiger partial charge in [0, 0.05) is 13.0 Å². The van der Waals surface area contributed by atoms with E-state index in [0.717, 1.165) is 25.4 Å². The first-order chi connectivity index (χ1) is 10.8. The van der Waals surface area contributed by atoms with E-state index < -0.39 is 5.97 Å². The van der Waals surface area contributed by atoms with Crippen molar-refractivity contribution in [1.29, 1.82) is 0 Å². The molecule has 0 saturated heterocycles. The van der Waals surface area contributed by atoms with Gasteiger partial charge in [0.15, 0.2) is 0 Å². The summed E-state index contributed by atoms with van der Waals surface area (Å²) in [6.07, 6.45) is 18.8. The summed E-state index contributed by atoms with van der Waals surface area (Å²) in [7, 11) is 0. The van der Waals surface area contributed by atoms with Crippen molar-refractivity contribution in [3.05, 3.63) is 0 Å². The zero-order valence-corrected chi connectivity index (χ0v) is 15.3. The van der Waals surface area contributed by atoms with Crippen LogP contribution in [-0.4, -0.2) is 29.9 Å². The average Bonchev–Trinajstić information content (AvgIpc) is 2.50. The van der Waals surface area contributed by atoms with Crippen molar-refractivity contribution in [3.8, 4) is 0 Å². The molecule has 0 radical (unpaired) electrons.